The zero-order valence-corrected chi connectivity index (χ0v) is 10.2. The summed E-state index contributed by atoms with van der Waals surface area (Å²) >= 11 is 0. The molecule has 0 aromatic heterocycles. The molecular formula is C14H19FN2. The third-order valence-corrected chi connectivity index (χ3v) is 3.75. The Hall–Kier alpha value is -1.09. The fourth-order valence-electron chi connectivity index (χ4n) is 2.62. The molecule has 1 aromatic rings. The van der Waals surface area contributed by atoms with Gasteiger partial charge < -0.3 is 10.2 Å². The fourth-order valence-corrected chi connectivity index (χ4v) is 2.62. The summed E-state index contributed by atoms with van der Waals surface area (Å²) in [5.41, 5.74) is 2.23. The highest BCUT2D eigenvalue weighted by Crippen LogP contribution is 2.27. The number of nitrogens with zero attached hydrogens (tertiary/aromatic N) is 1. The number of aryl methyl sites for hydroxylation is 1. The Morgan fingerprint density at radius 1 is 1.24 bits per heavy atom. The lowest BCUT2D eigenvalue weighted by Gasteiger charge is -2.21. The van der Waals surface area contributed by atoms with E-state index in [1.165, 1.54) is 30.9 Å². The van der Waals surface area contributed by atoms with Crippen LogP contribution in [0.1, 0.15) is 24.8 Å². The molecule has 2 fully saturated rings. The van der Waals surface area contributed by atoms with Gasteiger partial charge in [0.15, 0.2) is 0 Å². The molecule has 1 unspecified atom stereocenters. The second-order valence-corrected chi connectivity index (χ2v) is 5.30. The molecule has 92 valence electrons. The van der Waals surface area contributed by atoms with Crippen molar-refractivity contribution < 1.29 is 4.39 Å². The van der Waals surface area contributed by atoms with Gasteiger partial charge >= 0.3 is 0 Å². The molecule has 1 aliphatic heterocycles. The molecule has 1 saturated carbocycles. The van der Waals surface area contributed by atoms with E-state index in [4.69, 9.17) is 0 Å². The van der Waals surface area contributed by atoms with Crippen molar-refractivity contribution in [2.75, 3.05) is 18.0 Å². The minimum absolute atomic E-state index is 0.135. The average Bonchev–Trinajstić information content (AvgIpc) is 2.99. The van der Waals surface area contributed by atoms with E-state index in [-0.39, 0.29) is 5.82 Å². The second kappa shape index (κ2) is 4.30. The molecule has 0 bridgehead atoms. The van der Waals surface area contributed by atoms with Gasteiger partial charge in [-0.15, -0.1) is 0 Å². The Kier molecular flexibility index (Phi) is 2.79. The second-order valence-electron chi connectivity index (χ2n) is 5.30. The van der Waals surface area contributed by atoms with Crippen LogP contribution in [0.25, 0.3) is 0 Å². The maximum Gasteiger partial charge on any atom is 0.125 e. The predicted molar refractivity (Wildman–Crippen MR) is 67.9 cm³/mol. The molecule has 1 heterocycles. The van der Waals surface area contributed by atoms with Gasteiger partial charge in [0.2, 0.25) is 0 Å². The maximum absolute atomic E-state index is 13.3. The standard InChI is InChI=1S/C14H19FN2/c1-10-2-3-11(15)8-14(10)17-7-6-13(9-17)16-12-4-5-12/h2-3,8,12-13,16H,4-7,9H2,1H3. The zero-order valence-electron chi connectivity index (χ0n) is 10.2. The first-order chi connectivity index (χ1) is 8.22. The zero-order chi connectivity index (χ0) is 11.8. The van der Waals surface area contributed by atoms with Crippen LogP contribution in [0.3, 0.4) is 0 Å². The minimum atomic E-state index is -0.135. The van der Waals surface area contributed by atoms with E-state index < -0.39 is 0 Å². The van der Waals surface area contributed by atoms with E-state index in [1.807, 2.05) is 6.07 Å². The molecule has 0 spiro atoms. The number of hydrogen-bond acceptors (Lipinski definition) is 2. The Labute approximate surface area is 102 Å². The molecule has 2 aliphatic rings. The Bertz CT molecular complexity index is 415. The highest BCUT2D eigenvalue weighted by atomic mass is 19.1. The van der Waals surface area contributed by atoms with E-state index in [0.717, 1.165) is 24.8 Å². The highest BCUT2D eigenvalue weighted by molar-refractivity contribution is 5.54. The van der Waals surface area contributed by atoms with Crippen LogP contribution in [-0.2, 0) is 0 Å². The van der Waals surface area contributed by atoms with Crippen LogP contribution in [0.5, 0.6) is 0 Å². The van der Waals surface area contributed by atoms with E-state index >= 15 is 0 Å². The first-order valence-corrected chi connectivity index (χ1v) is 6.49. The van der Waals surface area contributed by atoms with Gasteiger partial charge in [0.1, 0.15) is 5.82 Å². The number of rotatable bonds is 3. The molecule has 0 amide bonds. The summed E-state index contributed by atoms with van der Waals surface area (Å²) in [6, 6.07) is 6.41. The molecule has 3 rings (SSSR count). The van der Waals surface area contributed by atoms with Crippen molar-refractivity contribution in [2.45, 2.75) is 38.3 Å². The molecule has 1 saturated heterocycles. The number of nitrogens with one attached hydrogen (secondary N) is 1. The molecule has 0 radical (unpaired) electrons. The van der Waals surface area contributed by atoms with Gasteiger partial charge in [-0.2, -0.15) is 0 Å². The lowest BCUT2D eigenvalue weighted by molar-refractivity contribution is 0.548. The number of halogens is 1. The first-order valence-electron chi connectivity index (χ1n) is 6.49. The van der Waals surface area contributed by atoms with Crippen LogP contribution in [0.4, 0.5) is 10.1 Å². The molecule has 1 aliphatic carbocycles. The van der Waals surface area contributed by atoms with Gasteiger partial charge in [-0.25, -0.2) is 4.39 Å². The van der Waals surface area contributed by atoms with Crippen LogP contribution in [-0.4, -0.2) is 25.2 Å². The van der Waals surface area contributed by atoms with E-state index in [2.05, 4.69) is 17.1 Å². The Balaban J connectivity index is 1.69. The van der Waals surface area contributed by atoms with Crippen molar-refractivity contribution in [3.8, 4) is 0 Å². The predicted octanol–water partition coefficient (Wildman–Crippen LogP) is 2.46. The molecule has 1 aromatic carbocycles. The summed E-state index contributed by atoms with van der Waals surface area (Å²) in [4.78, 5) is 2.30. The third kappa shape index (κ3) is 2.44. The van der Waals surface area contributed by atoms with Crippen molar-refractivity contribution >= 4 is 5.69 Å². The fraction of sp³-hybridized carbons (Fsp3) is 0.571. The van der Waals surface area contributed by atoms with Crippen LogP contribution >= 0.6 is 0 Å². The molecule has 17 heavy (non-hydrogen) atoms. The van der Waals surface area contributed by atoms with Crippen LogP contribution in [0, 0.1) is 12.7 Å². The van der Waals surface area contributed by atoms with Crippen molar-refractivity contribution in [1.29, 1.82) is 0 Å². The topological polar surface area (TPSA) is 15.3 Å². The summed E-state index contributed by atoms with van der Waals surface area (Å²) < 4.78 is 13.3. The summed E-state index contributed by atoms with van der Waals surface area (Å²) in [5.74, 6) is -0.135. The number of hydrogen-bond donors (Lipinski definition) is 1. The Morgan fingerprint density at radius 3 is 2.82 bits per heavy atom. The normalized spacial score (nSPS) is 24.4. The van der Waals surface area contributed by atoms with Crippen molar-refractivity contribution in [3.63, 3.8) is 0 Å². The van der Waals surface area contributed by atoms with E-state index in [0.29, 0.717) is 6.04 Å². The quantitative estimate of drug-likeness (QED) is 0.864. The van der Waals surface area contributed by atoms with Crippen LogP contribution < -0.4 is 10.2 Å². The van der Waals surface area contributed by atoms with Crippen LogP contribution in [0.2, 0.25) is 0 Å². The summed E-state index contributed by atoms with van der Waals surface area (Å²) in [7, 11) is 0. The smallest absolute Gasteiger partial charge is 0.125 e. The van der Waals surface area contributed by atoms with Gasteiger partial charge in [0.05, 0.1) is 0 Å². The summed E-state index contributed by atoms with van der Waals surface area (Å²) in [5, 5.41) is 3.65. The molecule has 1 atom stereocenters. The van der Waals surface area contributed by atoms with Crippen molar-refractivity contribution in [1.82, 2.24) is 5.32 Å². The summed E-state index contributed by atoms with van der Waals surface area (Å²) in [6.07, 6.45) is 3.83. The van der Waals surface area contributed by atoms with Gasteiger partial charge in [-0.3, -0.25) is 0 Å². The first kappa shape index (κ1) is 11.0. The molecule has 2 nitrogen and oxygen atoms in total. The van der Waals surface area contributed by atoms with Gasteiger partial charge in [-0.1, -0.05) is 6.07 Å². The van der Waals surface area contributed by atoms with Crippen molar-refractivity contribution in [2.24, 2.45) is 0 Å². The lowest BCUT2D eigenvalue weighted by atomic mass is 10.2. The van der Waals surface area contributed by atoms with Gasteiger partial charge in [-0.05, 0) is 43.9 Å². The van der Waals surface area contributed by atoms with E-state index in [1.54, 1.807) is 6.07 Å². The van der Waals surface area contributed by atoms with Gasteiger partial charge in [0.25, 0.3) is 0 Å². The largest absolute Gasteiger partial charge is 0.370 e. The SMILES string of the molecule is Cc1ccc(F)cc1N1CCC(NC2CC2)C1. The number of anilines is 1. The average molecular weight is 234 g/mol. The highest BCUT2D eigenvalue weighted by Gasteiger charge is 2.29. The lowest BCUT2D eigenvalue weighted by Crippen LogP contribution is -2.34. The Morgan fingerprint density at radius 2 is 2.06 bits per heavy atom. The summed E-state index contributed by atoms with van der Waals surface area (Å²) in [6.45, 7) is 4.10. The monoisotopic (exact) mass is 234 g/mol. The van der Waals surface area contributed by atoms with Gasteiger partial charge in [0, 0.05) is 30.9 Å². The minimum Gasteiger partial charge on any atom is -0.370 e. The van der Waals surface area contributed by atoms with E-state index in [9.17, 15) is 4.39 Å². The molecule has 3 heteroatoms. The van der Waals surface area contributed by atoms with Crippen LogP contribution in [0.15, 0.2) is 18.2 Å². The molecule has 1 N–H and O–H groups in total. The molecular weight excluding hydrogens is 215 g/mol. The number of benzene rings is 1. The maximum atomic E-state index is 13.3. The third-order valence-electron chi connectivity index (χ3n) is 3.75. The van der Waals surface area contributed by atoms with Crippen molar-refractivity contribution in [3.05, 3.63) is 29.6 Å².